The fourth-order valence-corrected chi connectivity index (χ4v) is 5.97. The van der Waals surface area contributed by atoms with E-state index in [0.29, 0.717) is 40.3 Å². The maximum atomic E-state index is 13.0. The highest BCUT2D eigenvalue weighted by Crippen LogP contribution is 2.36. The highest BCUT2D eigenvalue weighted by Gasteiger charge is 2.21. The first-order chi connectivity index (χ1) is 17.6. The van der Waals surface area contributed by atoms with E-state index in [1.807, 2.05) is 24.3 Å². The molecule has 0 saturated carbocycles. The highest BCUT2D eigenvalue weighted by atomic mass is 35.5. The number of aromatic amines is 1. The summed E-state index contributed by atoms with van der Waals surface area (Å²) < 4.78 is 17.4. The van der Waals surface area contributed by atoms with Crippen molar-refractivity contribution in [3.05, 3.63) is 80.4 Å². The van der Waals surface area contributed by atoms with E-state index in [2.05, 4.69) is 11.6 Å². The molecule has 4 aromatic rings. The van der Waals surface area contributed by atoms with E-state index in [4.69, 9.17) is 30.8 Å². The molecule has 1 N–H and O–H groups in total. The van der Waals surface area contributed by atoms with Crippen molar-refractivity contribution in [1.82, 2.24) is 9.97 Å². The van der Waals surface area contributed by atoms with Gasteiger partial charge in [-0.05, 0) is 73.6 Å². The quantitative estimate of drug-likeness (QED) is 0.204. The number of aryl methyl sites for hydroxylation is 2. The van der Waals surface area contributed by atoms with Gasteiger partial charge in [0.1, 0.15) is 29.6 Å². The van der Waals surface area contributed by atoms with E-state index in [0.717, 1.165) is 53.4 Å². The van der Waals surface area contributed by atoms with Gasteiger partial charge in [0.15, 0.2) is 11.5 Å². The van der Waals surface area contributed by atoms with Crippen molar-refractivity contribution in [3.8, 4) is 28.6 Å². The Balaban J connectivity index is 1.35. The van der Waals surface area contributed by atoms with Crippen LogP contribution in [0.25, 0.3) is 21.6 Å². The molecule has 5 rings (SSSR count). The lowest BCUT2D eigenvalue weighted by atomic mass is 9.97. The van der Waals surface area contributed by atoms with Crippen molar-refractivity contribution in [2.75, 3.05) is 20.3 Å². The van der Waals surface area contributed by atoms with Gasteiger partial charge in [-0.1, -0.05) is 23.7 Å². The van der Waals surface area contributed by atoms with Crippen LogP contribution in [-0.4, -0.2) is 30.3 Å². The molecule has 0 saturated heterocycles. The van der Waals surface area contributed by atoms with Crippen LogP contribution in [0.4, 0.5) is 0 Å². The Morgan fingerprint density at radius 3 is 2.67 bits per heavy atom. The summed E-state index contributed by atoms with van der Waals surface area (Å²) in [4.78, 5) is 22.9. The third kappa shape index (κ3) is 4.99. The van der Waals surface area contributed by atoms with E-state index < -0.39 is 0 Å². The minimum absolute atomic E-state index is 0.115. The van der Waals surface area contributed by atoms with Gasteiger partial charge in [0.2, 0.25) is 0 Å². The molecule has 8 heteroatoms. The monoisotopic (exact) mass is 522 g/mol. The molecule has 36 heavy (non-hydrogen) atoms. The number of allylic oxidation sites excluding steroid dienone is 1. The first-order valence-corrected chi connectivity index (χ1v) is 13.1. The lowest BCUT2D eigenvalue weighted by Crippen LogP contribution is -2.13. The van der Waals surface area contributed by atoms with Crippen LogP contribution < -0.4 is 19.8 Å². The molecule has 2 aromatic heterocycles. The number of fused-ring (bicyclic) bond motifs is 3. The molecule has 0 bridgehead atoms. The maximum absolute atomic E-state index is 13.0. The summed E-state index contributed by atoms with van der Waals surface area (Å²) in [6, 6.07) is 11.1. The van der Waals surface area contributed by atoms with Gasteiger partial charge in [-0.25, -0.2) is 4.98 Å². The second kappa shape index (κ2) is 10.8. The number of hydrogen-bond acceptors (Lipinski definition) is 6. The lowest BCUT2D eigenvalue weighted by Gasteiger charge is -2.14. The van der Waals surface area contributed by atoms with Crippen molar-refractivity contribution < 1.29 is 14.2 Å². The predicted octanol–water partition coefficient (Wildman–Crippen LogP) is 6.38. The van der Waals surface area contributed by atoms with Gasteiger partial charge in [0, 0.05) is 9.90 Å². The van der Waals surface area contributed by atoms with Gasteiger partial charge >= 0.3 is 0 Å². The highest BCUT2D eigenvalue weighted by molar-refractivity contribution is 7.18. The van der Waals surface area contributed by atoms with Crippen LogP contribution in [0.3, 0.4) is 0 Å². The first kappa shape index (κ1) is 24.4. The largest absolute Gasteiger partial charge is 0.493 e. The van der Waals surface area contributed by atoms with E-state index in [1.54, 1.807) is 36.6 Å². The molecular weight excluding hydrogens is 496 g/mol. The second-order valence-corrected chi connectivity index (χ2v) is 10.1. The number of methoxy groups -OCH3 is 1. The third-order valence-electron chi connectivity index (χ3n) is 6.23. The third-order valence-corrected chi connectivity index (χ3v) is 7.65. The fourth-order valence-electron chi connectivity index (χ4n) is 4.53. The zero-order valence-electron chi connectivity index (χ0n) is 20.1. The number of hydrogen-bond donors (Lipinski definition) is 1. The van der Waals surface area contributed by atoms with Gasteiger partial charge < -0.3 is 19.2 Å². The van der Waals surface area contributed by atoms with Gasteiger partial charge in [-0.2, -0.15) is 0 Å². The molecule has 0 fully saturated rings. The SMILES string of the molecule is C=CCc1ccc(OCCOc2ccc(Cl)cc2-c2nc3sc4c(c3c(=O)[nH]2)CCCC4)c(OC)c1. The number of thiophene rings is 1. The molecule has 2 heterocycles. The molecule has 0 spiro atoms. The van der Waals surface area contributed by atoms with Crippen molar-refractivity contribution >= 4 is 33.2 Å². The van der Waals surface area contributed by atoms with Gasteiger partial charge in [-0.3, -0.25) is 4.79 Å². The number of halogens is 1. The van der Waals surface area contributed by atoms with Crippen LogP contribution in [0.2, 0.25) is 5.02 Å². The van der Waals surface area contributed by atoms with Gasteiger partial charge in [0.05, 0.1) is 18.1 Å². The van der Waals surface area contributed by atoms with Crippen LogP contribution in [0.1, 0.15) is 28.8 Å². The lowest BCUT2D eigenvalue weighted by molar-refractivity contribution is 0.211. The van der Waals surface area contributed by atoms with Crippen LogP contribution in [0, 0.1) is 0 Å². The summed E-state index contributed by atoms with van der Waals surface area (Å²) in [7, 11) is 1.62. The number of H-pyrrole nitrogens is 1. The average Bonchev–Trinajstić information content (AvgIpc) is 3.27. The Kier molecular flexibility index (Phi) is 7.30. The molecule has 1 aliphatic carbocycles. The van der Waals surface area contributed by atoms with Crippen LogP contribution in [-0.2, 0) is 19.3 Å². The van der Waals surface area contributed by atoms with E-state index >= 15 is 0 Å². The minimum atomic E-state index is -0.115. The normalized spacial score (nSPS) is 12.8. The standard InChI is InChI=1S/C28H27ClN2O4S/c1-3-6-17-9-11-22(23(15-17)33-2)35-14-13-34-21-12-10-18(29)16-20(21)26-30-27(32)25-19-7-4-5-8-24(19)36-28(25)31-26/h3,9-12,15-16H,1,4-8,13-14H2,2H3,(H,30,31,32). The molecule has 1 aliphatic rings. The molecule has 0 aliphatic heterocycles. The Morgan fingerprint density at radius 2 is 1.86 bits per heavy atom. The Hall–Kier alpha value is -3.29. The zero-order chi connectivity index (χ0) is 25.1. The fraction of sp³-hybridized carbons (Fsp3) is 0.286. The van der Waals surface area contributed by atoms with Gasteiger partial charge in [0.25, 0.3) is 5.56 Å². The van der Waals surface area contributed by atoms with Crippen LogP contribution >= 0.6 is 22.9 Å². The number of nitrogens with one attached hydrogen (secondary N) is 1. The molecule has 0 atom stereocenters. The predicted molar refractivity (Wildman–Crippen MR) is 145 cm³/mol. The van der Waals surface area contributed by atoms with Gasteiger partial charge in [-0.15, -0.1) is 17.9 Å². The molecule has 0 unspecified atom stereocenters. The van der Waals surface area contributed by atoms with Crippen LogP contribution in [0.15, 0.2) is 53.8 Å². The summed E-state index contributed by atoms with van der Waals surface area (Å²) in [6.07, 6.45) is 6.82. The van der Waals surface area contributed by atoms with Crippen molar-refractivity contribution in [3.63, 3.8) is 0 Å². The molecule has 2 aromatic carbocycles. The summed E-state index contributed by atoms with van der Waals surface area (Å²) in [5, 5.41) is 1.26. The summed E-state index contributed by atoms with van der Waals surface area (Å²) in [5.41, 5.74) is 2.78. The summed E-state index contributed by atoms with van der Waals surface area (Å²) in [6.45, 7) is 4.36. The summed E-state index contributed by atoms with van der Waals surface area (Å²) >= 11 is 7.92. The number of aromatic nitrogens is 2. The second-order valence-electron chi connectivity index (χ2n) is 8.62. The van der Waals surface area contributed by atoms with E-state index in [9.17, 15) is 4.79 Å². The topological polar surface area (TPSA) is 73.4 Å². The minimum Gasteiger partial charge on any atom is -0.493 e. The number of benzene rings is 2. The summed E-state index contributed by atoms with van der Waals surface area (Å²) in [5.74, 6) is 2.32. The smallest absolute Gasteiger partial charge is 0.260 e. The maximum Gasteiger partial charge on any atom is 0.260 e. The molecule has 186 valence electrons. The van der Waals surface area contributed by atoms with Crippen molar-refractivity contribution in [2.24, 2.45) is 0 Å². The molecule has 0 amide bonds. The molecule has 6 nitrogen and oxygen atoms in total. The number of ether oxygens (including phenoxy) is 3. The van der Waals surface area contributed by atoms with Crippen molar-refractivity contribution in [2.45, 2.75) is 32.1 Å². The Morgan fingerprint density at radius 1 is 1.08 bits per heavy atom. The Labute approximate surface area is 218 Å². The first-order valence-electron chi connectivity index (χ1n) is 11.9. The molecule has 0 radical (unpaired) electrons. The van der Waals surface area contributed by atoms with Crippen LogP contribution in [0.5, 0.6) is 17.2 Å². The number of nitrogens with zero attached hydrogens (tertiary/aromatic N) is 1. The molecular formula is C28H27ClN2O4S. The van der Waals surface area contributed by atoms with Crippen molar-refractivity contribution in [1.29, 1.82) is 0 Å². The van der Waals surface area contributed by atoms with E-state index in [-0.39, 0.29) is 12.2 Å². The van der Waals surface area contributed by atoms with E-state index in [1.165, 1.54) is 4.88 Å². The zero-order valence-corrected chi connectivity index (χ0v) is 21.6. The number of rotatable bonds is 9. The Bertz CT molecular complexity index is 1480. The average molecular weight is 523 g/mol.